The highest BCUT2D eigenvalue weighted by Gasteiger charge is 2.38. The van der Waals surface area contributed by atoms with Crippen molar-refractivity contribution >= 4 is 13.7 Å². The van der Waals surface area contributed by atoms with Gasteiger partial charge in [-0.1, -0.05) is 42.5 Å². The van der Waals surface area contributed by atoms with Crippen LogP contribution in [-0.4, -0.2) is 24.4 Å². The third-order valence-corrected chi connectivity index (χ3v) is 5.88. The second-order valence-electron chi connectivity index (χ2n) is 5.58. The smallest absolute Gasteiger partial charge is 0.408 e. The molecule has 8 heteroatoms. The Kier molecular flexibility index (Phi) is 7.85. The monoisotopic (exact) mass is 393 g/mol. The maximum atomic E-state index is 13.2. The van der Waals surface area contributed by atoms with Crippen molar-refractivity contribution in [2.45, 2.75) is 26.2 Å². The fraction of sp³-hybridized carbons (Fsp3) is 0.316. The van der Waals surface area contributed by atoms with Gasteiger partial charge in [0, 0.05) is 0 Å². The molecule has 0 radical (unpaired) electrons. The molecule has 0 aliphatic carbocycles. The number of amides is 1. The maximum absolute atomic E-state index is 13.2. The normalized spacial score (nSPS) is 12.4. The van der Waals surface area contributed by atoms with E-state index in [2.05, 4.69) is 5.32 Å². The van der Waals surface area contributed by atoms with Crippen LogP contribution >= 0.6 is 7.60 Å². The lowest BCUT2D eigenvalue weighted by Crippen LogP contribution is -2.30. The summed E-state index contributed by atoms with van der Waals surface area (Å²) in [4.78, 5) is 12.3. The van der Waals surface area contributed by atoms with Crippen LogP contribution < -0.4 is 5.32 Å². The average molecular weight is 393 g/mol. The summed E-state index contributed by atoms with van der Waals surface area (Å²) in [6.45, 7) is 3.69. The molecule has 2 N–H and O–H groups in total. The average Bonchev–Trinajstić information content (AvgIpc) is 2.65. The van der Waals surface area contributed by atoms with Crippen LogP contribution in [-0.2, 0) is 25.0 Å². The Morgan fingerprint density at radius 1 is 1.07 bits per heavy atom. The van der Waals surface area contributed by atoms with E-state index >= 15 is 0 Å². The van der Waals surface area contributed by atoms with Crippen molar-refractivity contribution in [1.82, 2.24) is 5.32 Å². The van der Waals surface area contributed by atoms with Crippen LogP contribution in [0.25, 0.3) is 0 Å². The second-order valence-corrected chi connectivity index (χ2v) is 7.69. The molecule has 1 amide bonds. The molecule has 0 fully saturated rings. The van der Waals surface area contributed by atoms with Gasteiger partial charge in [-0.15, -0.1) is 0 Å². The summed E-state index contributed by atoms with van der Waals surface area (Å²) in [5.74, 6) is -1.15. The summed E-state index contributed by atoms with van der Waals surface area (Å²) in [6, 6.07) is 15.3. The highest BCUT2D eigenvalue weighted by Crippen LogP contribution is 2.59. The molecule has 2 aromatic rings. The minimum atomic E-state index is -3.74. The zero-order valence-electron chi connectivity index (χ0n) is 15.3. The van der Waals surface area contributed by atoms with E-state index in [1.165, 1.54) is 12.1 Å². The van der Waals surface area contributed by atoms with Crippen molar-refractivity contribution in [1.29, 1.82) is 0 Å². The number of ether oxygens (including phenoxy) is 1. The van der Waals surface area contributed by atoms with Gasteiger partial charge in [-0.25, -0.2) is 4.79 Å². The molecular formula is C19H24NO6P. The van der Waals surface area contributed by atoms with Crippen LogP contribution in [0.3, 0.4) is 0 Å². The first kappa shape index (κ1) is 21.0. The summed E-state index contributed by atoms with van der Waals surface area (Å²) < 4.78 is 29.2. The number of hydrogen-bond donors (Lipinski definition) is 2. The van der Waals surface area contributed by atoms with Crippen molar-refractivity contribution < 1.29 is 28.3 Å². The standard InChI is InChI=1S/C19H24NO6P/c1-3-25-27(23,26-4-2)18(16-11-8-12-17(21)13-16)20-19(22)24-14-15-9-6-5-7-10-15/h5-13,18,21H,3-4,14H2,1-2H3,(H,20,22). The van der Waals surface area contributed by atoms with Crippen LogP contribution in [0.15, 0.2) is 54.6 Å². The van der Waals surface area contributed by atoms with Gasteiger partial charge < -0.3 is 24.2 Å². The molecule has 0 spiro atoms. The SMILES string of the molecule is CCOP(=O)(OCC)C(NC(=O)OCc1ccccc1)c1cccc(O)c1. The molecule has 0 heterocycles. The number of carbonyl (C=O) groups is 1. The first-order valence-electron chi connectivity index (χ1n) is 8.63. The van der Waals surface area contributed by atoms with E-state index in [0.717, 1.165) is 5.56 Å². The van der Waals surface area contributed by atoms with Crippen molar-refractivity contribution in [2.24, 2.45) is 0 Å². The van der Waals surface area contributed by atoms with Crippen molar-refractivity contribution in [2.75, 3.05) is 13.2 Å². The Balaban J connectivity index is 2.21. The second kappa shape index (κ2) is 10.1. The van der Waals surface area contributed by atoms with Gasteiger partial charge in [0.2, 0.25) is 0 Å². The van der Waals surface area contributed by atoms with Crippen LogP contribution in [0.4, 0.5) is 4.79 Å². The predicted molar refractivity (Wildman–Crippen MR) is 101 cm³/mol. The van der Waals surface area contributed by atoms with E-state index in [0.29, 0.717) is 5.56 Å². The number of hydrogen-bond acceptors (Lipinski definition) is 6. The molecule has 1 atom stereocenters. The van der Waals surface area contributed by atoms with E-state index in [-0.39, 0.29) is 25.6 Å². The third-order valence-electron chi connectivity index (χ3n) is 3.59. The molecule has 2 rings (SSSR count). The van der Waals surface area contributed by atoms with Crippen LogP contribution in [0.5, 0.6) is 5.75 Å². The Hall–Kier alpha value is -2.34. The molecule has 0 aromatic heterocycles. The summed E-state index contributed by atoms with van der Waals surface area (Å²) in [5.41, 5.74) is 1.20. The summed E-state index contributed by atoms with van der Waals surface area (Å²) in [7, 11) is -3.74. The number of nitrogens with one attached hydrogen (secondary N) is 1. The van der Waals surface area contributed by atoms with Crippen molar-refractivity contribution in [3.63, 3.8) is 0 Å². The number of phenolic OH excluding ortho intramolecular Hbond substituents is 1. The predicted octanol–water partition coefficient (Wildman–Crippen LogP) is 4.58. The fourth-order valence-electron chi connectivity index (χ4n) is 2.46. The van der Waals surface area contributed by atoms with Crippen LogP contribution in [0, 0.1) is 0 Å². The molecule has 0 saturated heterocycles. The van der Waals surface area contributed by atoms with E-state index in [1.54, 1.807) is 26.0 Å². The number of rotatable bonds is 9. The largest absolute Gasteiger partial charge is 0.508 e. The molecule has 0 aliphatic rings. The molecule has 27 heavy (non-hydrogen) atoms. The zero-order chi connectivity index (χ0) is 19.7. The molecule has 1 unspecified atom stereocenters. The molecular weight excluding hydrogens is 369 g/mol. The topological polar surface area (TPSA) is 94.1 Å². The molecule has 146 valence electrons. The van der Waals surface area contributed by atoms with Gasteiger partial charge in [0.25, 0.3) is 0 Å². The number of phenols is 1. The molecule has 7 nitrogen and oxygen atoms in total. The maximum Gasteiger partial charge on any atom is 0.408 e. The molecule has 2 aromatic carbocycles. The number of alkyl carbamates (subject to hydrolysis) is 1. The molecule has 0 bridgehead atoms. The van der Waals surface area contributed by atoms with Crippen LogP contribution in [0.1, 0.15) is 30.8 Å². The molecule has 0 aliphatic heterocycles. The van der Waals surface area contributed by atoms with Gasteiger partial charge in [0.1, 0.15) is 12.4 Å². The summed E-state index contributed by atoms with van der Waals surface area (Å²) >= 11 is 0. The van der Waals surface area contributed by atoms with E-state index < -0.39 is 19.5 Å². The first-order chi connectivity index (χ1) is 13.0. The van der Waals surface area contributed by atoms with Crippen LogP contribution in [0.2, 0.25) is 0 Å². The summed E-state index contributed by atoms with van der Waals surface area (Å²) in [6.07, 6.45) is -0.771. The summed E-state index contributed by atoms with van der Waals surface area (Å²) in [5, 5.41) is 12.3. The van der Waals surface area contributed by atoms with Gasteiger partial charge in [-0.2, -0.15) is 0 Å². The Morgan fingerprint density at radius 3 is 2.33 bits per heavy atom. The third kappa shape index (κ3) is 6.10. The lowest BCUT2D eigenvalue weighted by Gasteiger charge is -2.27. The van der Waals surface area contributed by atoms with E-state index in [4.69, 9.17) is 13.8 Å². The number of aromatic hydroxyl groups is 1. The van der Waals surface area contributed by atoms with E-state index in [9.17, 15) is 14.5 Å². The lowest BCUT2D eigenvalue weighted by molar-refractivity contribution is 0.134. The van der Waals surface area contributed by atoms with E-state index in [1.807, 2.05) is 30.3 Å². The minimum absolute atomic E-state index is 0.0310. The first-order valence-corrected chi connectivity index (χ1v) is 10.2. The fourth-order valence-corrected chi connectivity index (χ4v) is 4.34. The van der Waals surface area contributed by atoms with Crippen molar-refractivity contribution in [3.05, 3.63) is 65.7 Å². The molecule has 0 saturated carbocycles. The number of benzene rings is 2. The van der Waals surface area contributed by atoms with Gasteiger partial charge in [-0.3, -0.25) is 4.57 Å². The quantitative estimate of drug-likeness (QED) is 0.606. The van der Waals surface area contributed by atoms with Gasteiger partial charge in [-0.05, 0) is 37.1 Å². The van der Waals surface area contributed by atoms with Crippen molar-refractivity contribution in [3.8, 4) is 5.75 Å². The Bertz CT molecular complexity index is 773. The Morgan fingerprint density at radius 2 is 1.74 bits per heavy atom. The van der Waals surface area contributed by atoms with Gasteiger partial charge in [0.05, 0.1) is 13.2 Å². The zero-order valence-corrected chi connectivity index (χ0v) is 16.2. The number of carbonyl (C=O) groups excluding carboxylic acids is 1. The highest BCUT2D eigenvalue weighted by molar-refractivity contribution is 7.54. The highest BCUT2D eigenvalue weighted by atomic mass is 31.2. The minimum Gasteiger partial charge on any atom is -0.508 e. The van der Waals surface area contributed by atoms with Gasteiger partial charge in [0.15, 0.2) is 5.78 Å². The Labute approximate surface area is 158 Å². The lowest BCUT2D eigenvalue weighted by atomic mass is 10.2. The van der Waals surface area contributed by atoms with Gasteiger partial charge >= 0.3 is 13.7 Å².